The van der Waals surface area contributed by atoms with Gasteiger partial charge in [0.15, 0.2) is 0 Å². The van der Waals surface area contributed by atoms with Crippen LogP contribution in [-0.4, -0.2) is 58.3 Å². The number of hydrogen-bond acceptors (Lipinski definition) is 8. The molecule has 0 unspecified atom stereocenters. The van der Waals surface area contributed by atoms with Gasteiger partial charge in [0.05, 0.1) is 53.5 Å². The van der Waals surface area contributed by atoms with Gasteiger partial charge in [0.1, 0.15) is 18.2 Å². The topological polar surface area (TPSA) is 102 Å². The number of ether oxygens (including phenoxy) is 3. The van der Waals surface area contributed by atoms with Crippen LogP contribution >= 0.6 is 0 Å². The first-order valence-electron chi connectivity index (χ1n) is 15.2. The second-order valence-electron chi connectivity index (χ2n) is 11.9. The molecule has 2 aromatic heterocycles. The fraction of sp³-hybridized carbons (Fsp3) is 0.412. The van der Waals surface area contributed by atoms with E-state index < -0.39 is 5.82 Å². The van der Waals surface area contributed by atoms with Crippen LogP contribution in [0, 0.1) is 17.1 Å². The molecule has 0 amide bonds. The first-order valence-corrected chi connectivity index (χ1v) is 15.2. The highest BCUT2D eigenvalue weighted by atomic mass is 19.1. The molecule has 2 aromatic carbocycles. The van der Waals surface area contributed by atoms with Gasteiger partial charge in [0, 0.05) is 29.8 Å². The molecule has 0 spiro atoms. The van der Waals surface area contributed by atoms with Crippen molar-refractivity contribution in [2.75, 3.05) is 26.8 Å². The Hall–Kier alpha value is -4.33. The molecule has 4 aromatic rings. The Morgan fingerprint density at radius 2 is 1.93 bits per heavy atom. The van der Waals surface area contributed by atoms with E-state index >= 15 is 0 Å². The van der Waals surface area contributed by atoms with Crippen LogP contribution in [0.2, 0.25) is 0 Å². The van der Waals surface area contributed by atoms with E-state index in [1.807, 2.05) is 30.3 Å². The predicted molar refractivity (Wildman–Crippen MR) is 160 cm³/mol. The second kappa shape index (κ2) is 11.6. The number of imidazole rings is 1. The van der Waals surface area contributed by atoms with Crippen LogP contribution in [-0.2, 0) is 28.2 Å². The minimum atomic E-state index is -0.459. The van der Waals surface area contributed by atoms with Crippen molar-refractivity contribution in [2.24, 2.45) is 0 Å². The van der Waals surface area contributed by atoms with Crippen LogP contribution in [0.4, 0.5) is 4.39 Å². The van der Waals surface area contributed by atoms with Gasteiger partial charge >= 0.3 is 5.97 Å². The summed E-state index contributed by atoms with van der Waals surface area (Å²) in [6.45, 7) is 3.39. The Bertz CT molecular complexity index is 1750. The van der Waals surface area contributed by atoms with Gasteiger partial charge in [0.25, 0.3) is 0 Å². The highest BCUT2D eigenvalue weighted by Crippen LogP contribution is 2.53. The summed E-state index contributed by atoms with van der Waals surface area (Å²) >= 11 is 0. The number of fused-ring (bicyclic) bond motifs is 1. The van der Waals surface area contributed by atoms with Crippen molar-refractivity contribution in [2.45, 2.75) is 62.8 Å². The molecule has 4 heterocycles. The van der Waals surface area contributed by atoms with E-state index in [9.17, 15) is 9.18 Å². The molecular weight excluding hydrogens is 561 g/mol. The molecular formula is C34H34FN5O4. The van der Waals surface area contributed by atoms with Gasteiger partial charge in [-0.15, -0.1) is 0 Å². The molecule has 7 rings (SSSR count). The van der Waals surface area contributed by atoms with Crippen molar-refractivity contribution in [1.29, 1.82) is 5.26 Å². The monoisotopic (exact) mass is 595 g/mol. The lowest BCUT2D eigenvalue weighted by Gasteiger charge is -2.38. The number of esters is 1. The number of pyridine rings is 1. The summed E-state index contributed by atoms with van der Waals surface area (Å²) in [6, 6.07) is 17.7. The molecule has 3 fully saturated rings. The average Bonchev–Trinajstić information content (AvgIpc) is 3.77. The lowest BCUT2D eigenvalue weighted by molar-refractivity contribution is -0.0596. The molecule has 226 valence electrons. The number of nitriles is 1. The maximum Gasteiger partial charge on any atom is 0.337 e. The van der Waals surface area contributed by atoms with E-state index in [4.69, 9.17) is 29.4 Å². The maximum absolute atomic E-state index is 14.3. The van der Waals surface area contributed by atoms with Gasteiger partial charge in [0.2, 0.25) is 5.88 Å². The van der Waals surface area contributed by atoms with Gasteiger partial charge in [-0.1, -0.05) is 12.1 Å². The number of rotatable bonds is 9. The highest BCUT2D eigenvalue weighted by Gasteiger charge is 2.53. The van der Waals surface area contributed by atoms with Gasteiger partial charge in [-0.05, 0) is 81.6 Å². The molecule has 2 saturated heterocycles. The molecule has 0 radical (unpaired) electrons. The summed E-state index contributed by atoms with van der Waals surface area (Å²) in [5.41, 5.74) is 3.88. The molecule has 9 nitrogen and oxygen atoms in total. The third-order valence-corrected chi connectivity index (χ3v) is 9.31. The minimum Gasteiger partial charge on any atom is -0.473 e. The van der Waals surface area contributed by atoms with E-state index in [0.29, 0.717) is 22.9 Å². The number of carbonyl (C=O) groups excluding carboxylic acids is 1. The normalized spacial score (nSPS) is 19.7. The molecule has 1 aliphatic carbocycles. The number of carbonyl (C=O) groups is 1. The SMILES string of the molecule is COC(=O)c1ccc2nc(C3(N4CCC(c5cccc(OCc6ccc(C#N)cc6F)n5)CC4)CC3)n(C[C@@H]3CCO3)c2c1. The molecule has 10 heteroatoms. The number of aromatic nitrogens is 3. The van der Waals surface area contributed by atoms with Gasteiger partial charge < -0.3 is 18.8 Å². The fourth-order valence-corrected chi connectivity index (χ4v) is 6.57. The lowest BCUT2D eigenvalue weighted by Crippen LogP contribution is -2.43. The number of benzene rings is 2. The lowest BCUT2D eigenvalue weighted by atomic mass is 9.91. The number of hydrogen-bond donors (Lipinski definition) is 0. The number of piperidine rings is 1. The first kappa shape index (κ1) is 28.4. The quantitative estimate of drug-likeness (QED) is 0.235. The predicted octanol–water partition coefficient (Wildman–Crippen LogP) is 5.47. The molecule has 0 N–H and O–H groups in total. The van der Waals surface area contributed by atoms with Gasteiger partial charge in [-0.25, -0.2) is 19.2 Å². The van der Waals surface area contributed by atoms with Crippen molar-refractivity contribution in [3.8, 4) is 11.9 Å². The van der Waals surface area contributed by atoms with E-state index in [0.717, 1.165) is 80.9 Å². The zero-order valence-electron chi connectivity index (χ0n) is 24.7. The Morgan fingerprint density at radius 1 is 1.11 bits per heavy atom. The molecule has 2 aliphatic heterocycles. The van der Waals surface area contributed by atoms with Crippen molar-refractivity contribution in [3.63, 3.8) is 0 Å². The van der Waals surface area contributed by atoms with Crippen molar-refractivity contribution >= 4 is 17.0 Å². The van der Waals surface area contributed by atoms with Crippen molar-refractivity contribution in [3.05, 3.63) is 88.6 Å². The Morgan fingerprint density at radius 3 is 2.61 bits per heavy atom. The largest absolute Gasteiger partial charge is 0.473 e. The Balaban J connectivity index is 1.06. The summed E-state index contributed by atoms with van der Waals surface area (Å²) in [6.07, 6.45) is 5.19. The van der Waals surface area contributed by atoms with Crippen LogP contribution in [0.25, 0.3) is 11.0 Å². The van der Waals surface area contributed by atoms with Crippen molar-refractivity contribution in [1.82, 2.24) is 19.4 Å². The van der Waals surface area contributed by atoms with E-state index in [2.05, 4.69) is 9.47 Å². The summed E-state index contributed by atoms with van der Waals surface area (Å²) < 4.78 is 33.2. The van der Waals surface area contributed by atoms with Gasteiger partial charge in [-0.3, -0.25) is 4.90 Å². The molecule has 0 bridgehead atoms. The molecule has 3 aliphatic rings. The van der Waals surface area contributed by atoms with Crippen LogP contribution in [0.3, 0.4) is 0 Å². The third kappa shape index (κ3) is 5.31. The summed E-state index contributed by atoms with van der Waals surface area (Å²) in [5.74, 6) is 1.01. The summed E-state index contributed by atoms with van der Waals surface area (Å²) in [7, 11) is 1.40. The van der Waals surface area contributed by atoms with Crippen molar-refractivity contribution < 1.29 is 23.4 Å². The third-order valence-electron chi connectivity index (χ3n) is 9.31. The second-order valence-corrected chi connectivity index (χ2v) is 11.9. The van der Waals surface area contributed by atoms with Crippen LogP contribution in [0.5, 0.6) is 5.88 Å². The minimum absolute atomic E-state index is 0.0446. The fourth-order valence-electron chi connectivity index (χ4n) is 6.57. The molecule has 44 heavy (non-hydrogen) atoms. The number of methoxy groups -OCH3 is 1. The smallest absolute Gasteiger partial charge is 0.337 e. The standard InChI is InChI=1S/C34H34FN5O4/c1-42-32(41)24-7-8-29-30(18-24)40(20-26-11-16-43-26)33(38-29)34(12-13-34)39-14-9-23(10-15-39)28-3-2-4-31(37-28)44-21-25-6-5-22(19-36)17-27(25)35/h2-8,17-18,23,26H,9-16,20-21H2,1H3/t26-/m0/s1. The van der Waals surface area contributed by atoms with E-state index in [1.165, 1.54) is 13.2 Å². The van der Waals surface area contributed by atoms with Gasteiger partial charge in [-0.2, -0.15) is 5.26 Å². The van der Waals surface area contributed by atoms with Crippen LogP contribution in [0.1, 0.15) is 71.0 Å². The summed E-state index contributed by atoms with van der Waals surface area (Å²) in [4.78, 5) is 24.8. The first-order chi connectivity index (χ1) is 21.5. The zero-order valence-corrected chi connectivity index (χ0v) is 24.7. The zero-order chi connectivity index (χ0) is 30.3. The number of halogens is 1. The van der Waals surface area contributed by atoms with Crippen LogP contribution in [0.15, 0.2) is 54.6 Å². The number of likely N-dealkylation sites (tertiary alicyclic amines) is 1. The average molecular weight is 596 g/mol. The number of nitrogens with zero attached hydrogens (tertiary/aromatic N) is 5. The van der Waals surface area contributed by atoms with Crippen LogP contribution < -0.4 is 4.74 Å². The highest BCUT2D eigenvalue weighted by molar-refractivity contribution is 5.93. The Kier molecular flexibility index (Phi) is 7.52. The van der Waals surface area contributed by atoms with E-state index in [1.54, 1.807) is 24.3 Å². The Labute approximate surface area is 255 Å². The molecule has 1 saturated carbocycles. The summed E-state index contributed by atoms with van der Waals surface area (Å²) in [5, 5.41) is 8.97. The van der Waals surface area contributed by atoms with E-state index in [-0.39, 0.29) is 29.8 Å². The maximum atomic E-state index is 14.3. The molecule has 1 atom stereocenters.